The summed E-state index contributed by atoms with van der Waals surface area (Å²) in [5.41, 5.74) is 2.46. The van der Waals surface area contributed by atoms with Crippen molar-refractivity contribution in [3.63, 3.8) is 0 Å². The van der Waals surface area contributed by atoms with Gasteiger partial charge in [-0.05, 0) is 31.2 Å². The highest BCUT2D eigenvalue weighted by atomic mass is 16.4. The Bertz CT molecular complexity index is 651. The van der Waals surface area contributed by atoms with Gasteiger partial charge in [0.15, 0.2) is 0 Å². The highest BCUT2D eigenvalue weighted by Crippen LogP contribution is 2.24. The van der Waals surface area contributed by atoms with Crippen LogP contribution in [0.3, 0.4) is 0 Å². The first-order valence-electron chi connectivity index (χ1n) is 7.00. The number of carbonyl (C=O) groups is 1. The van der Waals surface area contributed by atoms with E-state index in [-0.39, 0.29) is 6.42 Å². The van der Waals surface area contributed by atoms with Gasteiger partial charge in [0, 0.05) is 13.1 Å². The van der Waals surface area contributed by atoms with Crippen molar-refractivity contribution in [2.45, 2.75) is 32.4 Å². The second-order valence-electron chi connectivity index (χ2n) is 5.17. The number of aryl methyl sites for hydroxylation is 2. The van der Waals surface area contributed by atoms with Crippen LogP contribution in [0.2, 0.25) is 0 Å². The number of imidazole rings is 1. The van der Waals surface area contributed by atoms with E-state index >= 15 is 0 Å². The van der Waals surface area contributed by atoms with Crippen molar-refractivity contribution in [3.8, 4) is 0 Å². The van der Waals surface area contributed by atoms with Crippen molar-refractivity contribution in [2.24, 2.45) is 7.05 Å². The molecule has 0 bridgehead atoms. The lowest BCUT2D eigenvalue weighted by atomic mass is 9.99. The van der Waals surface area contributed by atoms with Crippen molar-refractivity contribution in [1.29, 1.82) is 0 Å². The average Bonchev–Trinajstić information content (AvgIpc) is 2.72. The molecule has 1 aromatic carbocycles. The molecule has 0 radical (unpaired) electrons. The van der Waals surface area contributed by atoms with E-state index in [2.05, 4.69) is 10.3 Å². The van der Waals surface area contributed by atoms with Gasteiger partial charge >= 0.3 is 5.97 Å². The lowest BCUT2D eigenvalue weighted by Crippen LogP contribution is -2.36. The topological polar surface area (TPSA) is 87.4 Å². The number of benzene rings is 1. The first kappa shape index (κ1) is 15.5. The van der Waals surface area contributed by atoms with Gasteiger partial charge in [-0.25, -0.2) is 4.98 Å². The van der Waals surface area contributed by atoms with Gasteiger partial charge in [0.25, 0.3) is 0 Å². The monoisotopic (exact) mass is 291 g/mol. The SMILES string of the molecule is CCNC(CC(=O)O)C(O)c1ccc2c(c1)nc(C)n2C. The molecule has 6 heteroatoms. The van der Waals surface area contributed by atoms with Crippen molar-refractivity contribution in [1.82, 2.24) is 14.9 Å². The fourth-order valence-electron chi connectivity index (χ4n) is 2.50. The number of nitrogens with one attached hydrogen (secondary N) is 1. The van der Waals surface area contributed by atoms with Crippen LogP contribution in [0.5, 0.6) is 0 Å². The van der Waals surface area contributed by atoms with E-state index in [4.69, 9.17) is 5.11 Å². The zero-order valence-electron chi connectivity index (χ0n) is 12.5. The summed E-state index contributed by atoms with van der Waals surface area (Å²) in [6, 6.07) is 5.02. The number of carboxylic acids is 1. The molecule has 0 saturated carbocycles. The highest BCUT2D eigenvalue weighted by Gasteiger charge is 2.23. The Balaban J connectivity index is 2.32. The number of aromatic nitrogens is 2. The highest BCUT2D eigenvalue weighted by molar-refractivity contribution is 5.77. The van der Waals surface area contributed by atoms with Gasteiger partial charge in [0.1, 0.15) is 5.82 Å². The Morgan fingerprint density at radius 2 is 2.19 bits per heavy atom. The Morgan fingerprint density at radius 1 is 1.48 bits per heavy atom. The van der Waals surface area contributed by atoms with Gasteiger partial charge in [0.05, 0.1) is 23.6 Å². The Labute approximate surface area is 123 Å². The van der Waals surface area contributed by atoms with Crippen molar-refractivity contribution in [3.05, 3.63) is 29.6 Å². The summed E-state index contributed by atoms with van der Waals surface area (Å²) in [5.74, 6) is -0.0415. The van der Waals surface area contributed by atoms with Gasteiger partial charge in [-0.1, -0.05) is 13.0 Å². The number of aliphatic hydroxyl groups excluding tert-OH is 1. The maximum absolute atomic E-state index is 10.9. The molecule has 0 aliphatic heterocycles. The number of aliphatic carboxylic acids is 1. The van der Waals surface area contributed by atoms with Gasteiger partial charge in [-0.15, -0.1) is 0 Å². The summed E-state index contributed by atoms with van der Waals surface area (Å²) in [6.07, 6.45) is -1.01. The lowest BCUT2D eigenvalue weighted by Gasteiger charge is -2.22. The summed E-state index contributed by atoms with van der Waals surface area (Å²) in [7, 11) is 1.94. The smallest absolute Gasteiger partial charge is 0.305 e. The summed E-state index contributed by atoms with van der Waals surface area (Å²) >= 11 is 0. The first-order valence-corrected chi connectivity index (χ1v) is 7.00. The molecule has 2 aromatic rings. The quantitative estimate of drug-likeness (QED) is 0.748. The van der Waals surface area contributed by atoms with Gasteiger partial charge in [0.2, 0.25) is 0 Å². The molecule has 0 spiro atoms. The molecule has 0 amide bonds. The summed E-state index contributed by atoms with van der Waals surface area (Å²) in [4.78, 5) is 15.4. The van der Waals surface area contributed by atoms with Crippen LogP contribution in [-0.4, -0.2) is 38.3 Å². The maximum Gasteiger partial charge on any atom is 0.305 e. The zero-order valence-corrected chi connectivity index (χ0v) is 12.5. The van der Waals surface area contributed by atoms with E-state index in [9.17, 15) is 9.90 Å². The predicted molar refractivity (Wildman–Crippen MR) is 80.1 cm³/mol. The standard InChI is InChI=1S/C15H21N3O3/c1-4-16-12(8-14(19)20)15(21)10-5-6-13-11(7-10)17-9(2)18(13)3/h5-7,12,15-16,21H,4,8H2,1-3H3,(H,19,20). The van der Waals surface area contributed by atoms with Crippen molar-refractivity contribution in [2.75, 3.05) is 6.54 Å². The molecule has 2 rings (SSSR count). The van der Waals surface area contributed by atoms with Crippen LogP contribution in [0.25, 0.3) is 11.0 Å². The van der Waals surface area contributed by atoms with E-state index in [1.54, 1.807) is 0 Å². The zero-order chi connectivity index (χ0) is 15.6. The second kappa shape index (κ2) is 6.24. The molecule has 2 unspecified atom stereocenters. The molecular weight excluding hydrogens is 270 g/mol. The lowest BCUT2D eigenvalue weighted by molar-refractivity contribution is -0.138. The van der Waals surface area contributed by atoms with E-state index in [0.29, 0.717) is 12.1 Å². The third-order valence-corrected chi connectivity index (χ3v) is 3.71. The molecule has 0 aliphatic carbocycles. The number of fused-ring (bicyclic) bond motifs is 1. The van der Waals surface area contributed by atoms with E-state index < -0.39 is 18.1 Å². The van der Waals surface area contributed by atoms with Crippen LogP contribution < -0.4 is 5.32 Å². The van der Waals surface area contributed by atoms with Crippen molar-refractivity contribution < 1.29 is 15.0 Å². The number of carboxylic acid groups (broad SMARTS) is 1. The third-order valence-electron chi connectivity index (χ3n) is 3.71. The van der Waals surface area contributed by atoms with Crippen molar-refractivity contribution >= 4 is 17.0 Å². The van der Waals surface area contributed by atoms with Crippen LogP contribution in [-0.2, 0) is 11.8 Å². The molecule has 114 valence electrons. The second-order valence-corrected chi connectivity index (χ2v) is 5.17. The summed E-state index contributed by atoms with van der Waals surface area (Å²) in [5, 5.41) is 22.4. The van der Waals surface area contributed by atoms with Crippen LogP contribution in [0, 0.1) is 6.92 Å². The number of hydrogen-bond acceptors (Lipinski definition) is 4. The largest absolute Gasteiger partial charge is 0.481 e. The number of aliphatic hydroxyl groups is 1. The van der Waals surface area contributed by atoms with E-state index in [0.717, 1.165) is 16.9 Å². The van der Waals surface area contributed by atoms with Crippen LogP contribution >= 0.6 is 0 Å². The van der Waals surface area contributed by atoms with Gasteiger partial charge in [-0.2, -0.15) is 0 Å². The van der Waals surface area contributed by atoms with Gasteiger partial charge < -0.3 is 20.1 Å². The first-order chi connectivity index (χ1) is 9.93. The summed E-state index contributed by atoms with van der Waals surface area (Å²) in [6.45, 7) is 4.40. The summed E-state index contributed by atoms with van der Waals surface area (Å²) < 4.78 is 1.98. The number of likely N-dealkylation sites (N-methyl/N-ethyl adjacent to an activating group) is 1. The van der Waals surface area contributed by atoms with E-state index in [1.165, 1.54) is 0 Å². The Morgan fingerprint density at radius 3 is 2.81 bits per heavy atom. The van der Waals surface area contributed by atoms with Gasteiger partial charge in [-0.3, -0.25) is 4.79 Å². The molecule has 0 saturated heterocycles. The molecule has 0 aliphatic rings. The Hall–Kier alpha value is -1.92. The molecule has 1 heterocycles. The minimum Gasteiger partial charge on any atom is -0.481 e. The molecule has 3 N–H and O–H groups in total. The molecule has 6 nitrogen and oxygen atoms in total. The van der Waals surface area contributed by atoms with E-state index in [1.807, 2.05) is 43.7 Å². The third kappa shape index (κ3) is 3.22. The maximum atomic E-state index is 10.9. The molecule has 2 atom stereocenters. The molecule has 21 heavy (non-hydrogen) atoms. The minimum absolute atomic E-state index is 0.131. The normalized spacial score (nSPS) is 14.3. The number of hydrogen-bond donors (Lipinski definition) is 3. The fraction of sp³-hybridized carbons (Fsp3) is 0.467. The predicted octanol–water partition coefficient (Wildman–Crippen LogP) is 1.37. The number of rotatable bonds is 6. The molecular formula is C15H21N3O3. The van der Waals surface area contributed by atoms with Crippen LogP contribution in [0.4, 0.5) is 0 Å². The molecule has 0 fully saturated rings. The number of nitrogens with zero attached hydrogens (tertiary/aromatic N) is 2. The molecule has 1 aromatic heterocycles. The minimum atomic E-state index is -0.935. The van der Waals surface area contributed by atoms with Crippen LogP contribution in [0.1, 0.15) is 30.8 Å². The average molecular weight is 291 g/mol. The Kier molecular flexibility index (Phi) is 4.59. The fourth-order valence-corrected chi connectivity index (χ4v) is 2.50. The van der Waals surface area contributed by atoms with Crippen LogP contribution in [0.15, 0.2) is 18.2 Å².